The number of anilines is 2. The number of nitrogens with one attached hydrogen (secondary N) is 1. The minimum atomic E-state index is 0.730. The summed E-state index contributed by atoms with van der Waals surface area (Å²) in [6.45, 7) is 2.85. The Balaban J connectivity index is 1.79. The van der Waals surface area contributed by atoms with Crippen molar-refractivity contribution >= 4 is 11.6 Å². The second-order valence-electron chi connectivity index (χ2n) is 5.74. The molecule has 0 aliphatic carbocycles. The van der Waals surface area contributed by atoms with Gasteiger partial charge < -0.3 is 15.0 Å². The molecular weight excluding hydrogens is 276 g/mol. The van der Waals surface area contributed by atoms with Crippen LogP contribution in [-0.4, -0.2) is 36.7 Å². The molecule has 4 rings (SSSR count). The molecule has 0 saturated carbocycles. The van der Waals surface area contributed by atoms with Gasteiger partial charge in [-0.1, -0.05) is 18.2 Å². The number of rotatable bonds is 2. The first-order valence-electron chi connectivity index (χ1n) is 7.87. The van der Waals surface area contributed by atoms with Gasteiger partial charge in [-0.05, 0) is 31.0 Å². The van der Waals surface area contributed by atoms with Crippen molar-refractivity contribution in [2.45, 2.75) is 19.3 Å². The van der Waals surface area contributed by atoms with Crippen LogP contribution in [0.2, 0.25) is 0 Å². The zero-order valence-electron chi connectivity index (χ0n) is 12.8. The Bertz CT molecular complexity index is 701. The summed E-state index contributed by atoms with van der Waals surface area (Å²) in [5, 5.41) is 3.41. The van der Waals surface area contributed by atoms with Gasteiger partial charge in [0.15, 0.2) is 0 Å². The van der Waals surface area contributed by atoms with E-state index in [2.05, 4.69) is 34.5 Å². The molecule has 2 aliphatic heterocycles. The molecular formula is C17H20N4O. The Morgan fingerprint density at radius 2 is 1.95 bits per heavy atom. The highest BCUT2D eigenvalue weighted by molar-refractivity contribution is 5.66. The predicted octanol–water partition coefficient (Wildman–Crippen LogP) is 1.87. The van der Waals surface area contributed by atoms with E-state index in [1.807, 2.05) is 0 Å². The van der Waals surface area contributed by atoms with Gasteiger partial charge in [0.2, 0.25) is 11.8 Å². The van der Waals surface area contributed by atoms with Crippen LogP contribution in [0.5, 0.6) is 5.88 Å². The van der Waals surface area contributed by atoms with Crippen molar-refractivity contribution in [3.63, 3.8) is 0 Å². The SMILES string of the molecule is COc1nc(N2CCc3ccccc32)nc2c1CCNCC2. The molecule has 0 spiro atoms. The van der Waals surface area contributed by atoms with E-state index in [9.17, 15) is 0 Å². The van der Waals surface area contributed by atoms with Crippen LogP contribution in [0.4, 0.5) is 11.6 Å². The summed E-state index contributed by atoms with van der Waals surface area (Å²) in [5.74, 6) is 1.50. The van der Waals surface area contributed by atoms with Crippen molar-refractivity contribution in [1.82, 2.24) is 15.3 Å². The highest BCUT2D eigenvalue weighted by Gasteiger charge is 2.25. The van der Waals surface area contributed by atoms with E-state index in [1.165, 1.54) is 11.3 Å². The largest absolute Gasteiger partial charge is 0.481 e. The van der Waals surface area contributed by atoms with Crippen LogP contribution in [0.15, 0.2) is 24.3 Å². The van der Waals surface area contributed by atoms with Gasteiger partial charge in [0.25, 0.3) is 0 Å². The zero-order valence-corrected chi connectivity index (χ0v) is 12.8. The second-order valence-corrected chi connectivity index (χ2v) is 5.74. The molecule has 0 fully saturated rings. The summed E-state index contributed by atoms with van der Waals surface area (Å²) in [4.78, 5) is 11.8. The predicted molar refractivity (Wildman–Crippen MR) is 86.0 cm³/mol. The fourth-order valence-corrected chi connectivity index (χ4v) is 3.33. The monoisotopic (exact) mass is 296 g/mol. The lowest BCUT2D eigenvalue weighted by atomic mass is 10.1. The first kappa shape index (κ1) is 13.5. The number of aromatic nitrogens is 2. The summed E-state index contributed by atoms with van der Waals surface area (Å²) in [5.41, 5.74) is 4.86. The number of hydrogen-bond acceptors (Lipinski definition) is 5. The number of ether oxygens (including phenoxy) is 1. The fraction of sp³-hybridized carbons (Fsp3) is 0.412. The quantitative estimate of drug-likeness (QED) is 0.917. The van der Waals surface area contributed by atoms with Crippen LogP contribution >= 0.6 is 0 Å². The minimum absolute atomic E-state index is 0.730. The van der Waals surface area contributed by atoms with Gasteiger partial charge in [0, 0.05) is 30.8 Å². The molecule has 0 amide bonds. The van der Waals surface area contributed by atoms with Gasteiger partial charge in [0.05, 0.1) is 12.8 Å². The smallest absolute Gasteiger partial charge is 0.233 e. The van der Waals surface area contributed by atoms with Crippen LogP contribution in [0, 0.1) is 0 Å². The van der Waals surface area contributed by atoms with Crippen molar-refractivity contribution in [2.24, 2.45) is 0 Å². The van der Waals surface area contributed by atoms with E-state index in [-0.39, 0.29) is 0 Å². The van der Waals surface area contributed by atoms with Crippen molar-refractivity contribution in [2.75, 3.05) is 31.6 Å². The van der Waals surface area contributed by atoms with Gasteiger partial charge in [0.1, 0.15) is 0 Å². The molecule has 1 aromatic heterocycles. The molecule has 5 heteroatoms. The van der Waals surface area contributed by atoms with Crippen molar-refractivity contribution in [1.29, 1.82) is 0 Å². The minimum Gasteiger partial charge on any atom is -0.481 e. The van der Waals surface area contributed by atoms with Crippen molar-refractivity contribution < 1.29 is 4.74 Å². The third-order valence-electron chi connectivity index (χ3n) is 4.46. The van der Waals surface area contributed by atoms with Crippen molar-refractivity contribution in [3.8, 4) is 5.88 Å². The van der Waals surface area contributed by atoms with Crippen LogP contribution in [0.3, 0.4) is 0 Å². The first-order valence-corrected chi connectivity index (χ1v) is 7.87. The third kappa shape index (κ3) is 2.22. The molecule has 0 bridgehead atoms. The highest BCUT2D eigenvalue weighted by atomic mass is 16.5. The van der Waals surface area contributed by atoms with Gasteiger partial charge in [-0.2, -0.15) is 4.98 Å². The summed E-state index contributed by atoms with van der Waals surface area (Å²) < 4.78 is 5.55. The number of methoxy groups -OCH3 is 1. The fourth-order valence-electron chi connectivity index (χ4n) is 3.33. The highest BCUT2D eigenvalue weighted by Crippen LogP contribution is 2.34. The first-order chi connectivity index (χ1) is 10.9. The summed E-state index contributed by atoms with van der Waals surface area (Å²) in [6.07, 6.45) is 2.90. The molecule has 0 unspecified atom stereocenters. The molecule has 1 aromatic carbocycles. The summed E-state index contributed by atoms with van der Waals surface area (Å²) >= 11 is 0. The molecule has 0 saturated heterocycles. The Kier molecular flexibility index (Phi) is 3.42. The normalized spacial score (nSPS) is 16.9. The third-order valence-corrected chi connectivity index (χ3v) is 4.46. The molecule has 3 heterocycles. The van der Waals surface area contributed by atoms with E-state index in [1.54, 1.807) is 7.11 Å². The topological polar surface area (TPSA) is 50.3 Å². The van der Waals surface area contributed by atoms with E-state index < -0.39 is 0 Å². The van der Waals surface area contributed by atoms with Crippen molar-refractivity contribution in [3.05, 3.63) is 41.1 Å². The molecule has 2 aliphatic rings. The van der Waals surface area contributed by atoms with Gasteiger partial charge >= 0.3 is 0 Å². The van der Waals surface area contributed by atoms with Crippen LogP contribution < -0.4 is 15.0 Å². The van der Waals surface area contributed by atoms with Gasteiger partial charge in [-0.25, -0.2) is 4.98 Å². The summed E-state index contributed by atoms with van der Waals surface area (Å²) in [7, 11) is 1.70. The lowest BCUT2D eigenvalue weighted by Crippen LogP contribution is -2.19. The average molecular weight is 296 g/mol. The Morgan fingerprint density at radius 3 is 2.86 bits per heavy atom. The number of hydrogen-bond donors (Lipinski definition) is 1. The molecule has 114 valence electrons. The molecule has 22 heavy (non-hydrogen) atoms. The molecule has 0 atom stereocenters. The number of fused-ring (bicyclic) bond motifs is 2. The standard InChI is InChI=1S/C17H20N4O/c1-22-16-13-6-9-18-10-7-14(13)19-17(20-16)21-11-8-12-4-2-3-5-15(12)21/h2-5,18H,6-11H2,1H3. The number of benzene rings is 1. The maximum absolute atomic E-state index is 5.55. The maximum atomic E-state index is 5.55. The Labute approximate surface area is 130 Å². The number of nitrogens with zero attached hydrogens (tertiary/aromatic N) is 3. The van der Waals surface area contributed by atoms with Crippen LogP contribution in [-0.2, 0) is 19.3 Å². The van der Waals surface area contributed by atoms with E-state index in [0.717, 1.165) is 62.0 Å². The molecule has 5 nitrogen and oxygen atoms in total. The van der Waals surface area contributed by atoms with Crippen LogP contribution in [0.25, 0.3) is 0 Å². The molecule has 0 radical (unpaired) electrons. The lowest BCUT2D eigenvalue weighted by Gasteiger charge is -2.20. The molecule has 2 aromatic rings. The van der Waals surface area contributed by atoms with Crippen LogP contribution in [0.1, 0.15) is 16.8 Å². The van der Waals surface area contributed by atoms with Gasteiger partial charge in [-0.3, -0.25) is 0 Å². The van der Waals surface area contributed by atoms with E-state index in [0.29, 0.717) is 0 Å². The van der Waals surface area contributed by atoms with E-state index >= 15 is 0 Å². The zero-order chi connectivity index (χ0) is 14.9. The Hall–Kier alpha value is -2.14. The second kappa shape index (κ2) is 5.57. The number of para-hydroxylation sites is 1. The average Bonchev–Trinajstić information content (AvgIpc) is 2.84. The Morgan fingerprint density at radius 1 is 1.09 bits per heavy atom. The lowest BCUT2D eigenvalue weighted by molar-refractivity contribution is 0.391. The van der Waals surface area contributed by atoms with E-state index in [4.69, 9.17) is 14.7 Å². The maximum Gasteiger partial charge on any atom is 0.233 e. The molecule has 1 N–H and O–H groups in total. The van der Waals surface area contributed by atoms with Gasteiger partial charge in [-0.15, -0.1) is 0 Å². The summed E-state index contributed by atoms with van der Waals surface area (Å²) in [6, 6.07) is 8.49.